The monoisotopic (exact) mass is 494 g/mol. The van der Waals surface area contributed by atoms with Gasteiger partial charge in [0.1, 0.15) is 13.2 Å². The van der Waals surface area contributed by atoms with E-state index in [0.717, 1.165) is 48.2 Å². The predicted octanol–water partition coefficient (Wildman–Crippen LogP) is 6.42. The summed E-state index contributed by atoms with van der Waals surface area (Å²) in [6.07, 6.45) is 2.06. The summed E-state index contributed by atoms with van der Waals surface area (Å²) in [7, 11) is 0. The van der Waals surface area contributed by atoms with Crippen molar-refractivity contribution in [1.82, 2.24) is 4.98 Å². The maximum atomic E-state index is 9.46. The molecular formula is C32H34N2O3. The average molecular weight is 495 g/mol. The van der Waals surface area contributed by atoms with E-state index in [-0.39, 0.29) is 6.61 Å². The molecule has 1 N–H and O–H groups in total. The molecule has 2 heterocycles. The molecule has 1 saturated heterocycles. The smallest absolute Gasteiger partial charge is 0.225 e. The van der Waals surface area contributed by atoms with E-state index in [9.17, 15) is 5.11 Å². The Morgan fingerprint density at radius 3 is 2.03 bits per heavy atom. The molecule has 0 saturated carbocycles. The Balaban J connectivity index is 1.39. The highest BCUT2D eigenvalue weighted by Gasteiger charge is 2.20. The van der Waals surface area contributed by atoms with E-state index >= 15 is 0 Å². The molecule has 0 amide bonds. The van der Waals surface area contributed by atoms with Gasteiger partial charge in [0, 0.05) is 37.0 Å². The summed E-state index contributed by atoms with van der Waals surface area (Å²) in [5.74, 6) is 1.53. The summed E-state index contributed by atoms with van der Waals surface area (Å²) in [4.78, 5) is 7.18. The molecule has 1 aliphatic heterocycles. The van der Waals surface area contributed by atoms with Crippen molar-refractivity contribution < 1.29 is 14.6 Å². The van der Waals surface area contributed by atoms with Gasteiger partial charge in [-0.15, -0.1) is 0 Å². The molecule has 5 heteroatoms. The highest BCUT2D eigenvalue weighted by atomic mass is 16.5. The van der Waals surface area contributed by atoms with Crippen LogP contribution in [0.25, 0.3) is 11.1 Å². The van der Waals surface area contributed by atoms with Crippen LogP contribution in [0.5, 0.6) is 11.8 Å². The zero-order chi connectivity index (χ0) is 25.5. The molecule has 1 aliphatic rings. The van der Waals surface area contributed by atoms with Crippen LogP contribution in [0, 0.1) is 12.8 Å². The number of anilines is 1. The lowest BCUT2D eigenvalue weighted by Gasteiger charge is -2.33. The van der Waals surface area contributed by atoms with Gasteiger partial charge in [-0.2, -0.15) is 4.98 Å². The Morgan fingerprint density at radius 1 is 0.784 bits per heavy atom. The summed E-state index contributed by atoms with van der Waals surface area (Å²) in [5.41, 5.74) is 6.62. The van der Waals surface area contributed by atoms with E-state index in [1.165, 1.54) is 11.3 Å². The molecule has 0 unspecified atom stereocenters. The Bertz CT molecular complexity index is 1290. The number of aryl methyl sites for hydroxylation is 1. The Hall–Kier alpha value is -3.83. The van der Waals surface area contributed by atoms with Gasteiger partial charge < -0.3 is 19.5 Å². The summed E-state index contributed by atoms with van der Waals surface area (Å²) in [6.45, 7) is 5.26. The summed E-state index contributed by atoms with van der Waals surface area (Å²) in [6, 6.07) is 30.8. The number of piperidine rings is 1. The van der Waals surface area contributed by atoms with E-state index in [4.69, 9.17) is 14.5 Å². The van der Waals surface area contributed by atoms with Crippen molar-refractivity contribution >= 4 is 5.69 Å². The highest BCUT2D eigenvalue weighted by Crippen LogP contribution is 2.35. The molecule has 37 heavy (non-hydrogen) atoms. The maximum Gasteiger partial charge on any atom is 0.225 e. The molecular weight excluding hydrogens is 460 g/mol. The maximum absolute atomic E-state index is 9.46. The molecule has 3 aromatic carbocycles. The van der Waals surface area contributed by atoms with Crippen LogP contribution in [0.3, 0.4) is 0 Å². The quantitative estimate of drug-likeness (QED) is 0.291. The standard InChI is InChI=1S/C32H34N2O3/c1-24-20-28(34-18-16-25(21-35)17-19-34)12-13-29(24)30-14-15-31(36-22-26-8-4-2-5-9-26)33-32(30)37-23-27-10-6-3-7-11-27/h2-15,20,25,35H,16-19,21-23H2,1H3. The Morgan fingerprint density at radius 2 is 1.41 bits per heavy atom. The minimum atomic E-state index is 0.287. The van der Waals surface area contributed by atoms with Crippen molar-refractivity contribution in [3.05, 3.63) is 108 Å². The fraction of sp³-hybridized carbons (Fsp3) is 0.281. The second kappa shape index (κ2) is 11.9. The van der Waals surface area contributed by atoms with Gasteiger partial charge in [-0.05, 0) is 66.1 Å². The second-order valence-electron chi connectivity index (χ2n) is 9.66. The van der Waals surface area contributed by atoms with Gasteiger partial charge in [0.05, 0.1) is 0 Å². The first-order valence-electron chi connectivity index (χ1n) is 13.0. The SMILES string of the molecule is Cc1cc(N2CCC(CO)CC2)ccc1-c1ccc(OCc2ccccc2)nc1OCc1ccccc1. The first-order valence-corrected chi connectivity index (χ1v) is 13.0. The average Bonchev–Trinajstić information content (AvgIpc) is 2.96. The van der Waals surface area contributed by atoms with E-state index in [2.05, 4.69) is 42.2 Å². The number of aliphatic hydroxyl groups is 1. The van der Waals surface area contributed by atoms with Crippen LogP contribution >= 0.6 is 0 Å². The number of nitrogens with zero attached hydrogens (tertiary/aromatic N) is 2. The highest BCUT2D eigenvalue weighted by molar-refractivity contribution is 5.74. The zero-order valence-electron chi connectivity index (χ0n) is 21.3. The molecule has 0 radical (unpaired) electrons. The Kier molecular flexibility index (Phi) is 8.02. The van der Waals surface area contributed by atoms with E-state index in [1.807, 2.05) is 60.7 Å². The number of hydrogen-bond acceptors (Lipinski definition) is 5. The lowest BCUT2D eigenvalue weighted by molar-refractivity contribution is 0.203. The number of aliphatic hydroxyl groups excluding tert-OH is 1. The van der Waals surface area contributed by atoms with Crippen molar-refractivity contribution in [2.24, 2.45) is 5.92 Å². The third-order valence-electron chi connectivity index (χ3n) is 7.02. The molecule has 190 valence electrons. The number of hydrogen-bond donors (Lipinski definition) is 1. The van der Waals surface area contributed by atoms with Gasteiger partial charge >= 0.3 is 0 Å². The van der Waals surface area contributed by atoms with E-state index in [0.29, 0.717) is 30.9 Å². The molecule has 1 fully saturated rings. The van der Waals surface area contributed by atoms with Crippen molar-refractivity contribution in [3.63, 3.8) is 0 Å². The normalized spacial score (nSPS) is 13.9. The third kappa shape index (κ3) is 6.30. The molecule has 0 spiro atoms. The number of rotatable bonds is 9. The second-order valence-corrected chi connectivity index (χ2v) is 9.66. The fourth-order valence-electron chi connectivity index (χ4n) is 4.80. The van der Waals surface area contributed by atoms with Crippen LogP contribution in [-0.4, -0.2) is 29.8 Å². The number of benzene rings is 3. The molecule has 4 aromatic rings. The number of ether oxygens (including phenoxy) is 2. The van der Waals surface area contributed by atoms with Crippen LogP contribution in [0.1, 0.15) is 29.5 Å². The van der Waals surface area contributed by atoms with E-state index in [1.54, 1.807) is 0 Å². The van der Waals surface area contributed by atoms with E-state index < -0.39 is 0 Å². The predicted molar refractivity (Wildman–Crippen MR) is 148 cm³/mol. The van der Waals surface area contributed by atoms with Crippen LogP contribution in [0.4, 0.5) is 5.69 Å². The molecule has 1 aromatic heterocycles. The van der Waals surface area contributed by atoms with Gasteiger partial charge in [-0.25, -0.2) is 0 Å². The number of pyridine rings is 1. The summed E-state index contributed by atoms with van der Waals surface area (Å²) in [5, 5.41) is 9.46. The largest absolute Gasteiger partial charge is 0.473 e. The van der Waals surface area contributed by atoms with Crippen LogP contribution in [0.2, 0.25) is 0 Å². The fourth-order valence-corrected chi connectivity index (χ4v) is 4.80. The molecule has 0 bridgehead atoms. The van der Waals surface area contributed by atoms with Crippen LogP contribution in [0.15, 0.2) is 91.0 Å². The van der Waals surface area contributed by atoms with Crippen molar-refractivity contribution in [1.29, 1.82) is 0 Å². The van der Waals surface area contributed by atoms with Gasteiger partial charge in [0.15, 0.2) is 0 Å². The third-order valence-corrected chi connectivity index (χ3v) is 7.02. The molecule has 0 aliphatic carbocycles. The molecule has 5 rings (SSSR count). The van der Waals surface area contributed by atoms with Gasteiger partial charge in [-0.3, -0.25) is 0 Å². The number of aromatic nitrogens is 1. The zero-order valence-corrected chi connectivity index (χ0v) is 21.3. The minimum Gasteiger partial charge on any atom is -0.473 e. The van der Waals surface area contributed by atoms with Gasteiger partial charge in [-0.1, -0.05) is 66.7 Å². The topological polar surface area (TPSA) is 54.8 Å². The first-order chi connectivity index (χ1) is 18.2. The van der Waals surface area contributed by atoms with Crippen molar-refractivity contribution in [3.8, 4) is 22.9 Å². The van der Waals surface area contributed by atoms with Gasteiger partial charge in [0.2, 0.25) is 11.8 Å². The first kappa shape index (κ1) is 24.8. The lowest BCUT2D eigenvalue weighted by atomic mass is 9.96. The van der Waals surface area contributed by atoms with Crippen molar-refractivity contribution in [2.45, 2.75) is 33.0 Å². The van der Waals surface area contributed by atoms with Crippen LogP contribution in [-0.2, 0) is 13.2 Å². The van der Waals surface area contributed by atoms with Crippen molar-refractivity contribution in [2.75, 3.05) is 24.6 Å². The Labute approximate surface area is 219 Å². The molecule has 0 atom stereocenters. The van der Waals surface area contributed by atoms with Gasteiger partial charge in [0.25, 0.3) is 0 Å². The summed E-state index contributed by atoms with van der Waals surface area (Å²) < 4.78 is 12.3. The van der Waals surface area contributed by atoms with Crippen LogP contribution < -0.4 is 14.4 Å². The minimum absolute atomic E-state index is 0.287. The molecule has 5 nitrogen and oxygen atoms in total. The lowest BCUT2D eigenvalue weighted by Crippen LogP contribution is -2.34. The summed E-state index contributed by atoms with van der Waals surface area (Å²) >= 11 is 0.